The molecule has 11 nitrogen and oxygen atoms in total. The van der Waals surface area contributed by atoms with Crippen LogP contribution in [0.3, 0.4) is 0 Å². The second-order valence-corrected chi connectivity index (χ2v) is 9.72. The number of ether oxygens (including phenoxy) is 2. The van der Waals surface area contributed by atoms with Gasteiger partial charge in [-0.2, -0.15) is 0 Å². The first-order chi connectivity index (χ1) is 19.0. The summed E-state index contributed by atoms with van der Waals surface area (Å²) in [5.41, 5.74) is 2.33. The zero-order valence-corrected chi connectivity index (χ0v) is 22.5. The van der Waals surface area contributed by atoms with Crippen LogP contribution in [0.15, 0.2) is 42.6 Å². The molecule has 2 amide bonds. The Bertz CT molecular complexity index is 1320. The number of hydrogen-bond acceptors (Lipinski definition) is 9. The van der Waals surface area contributed by atoms with Crippen LogP contribution in [-0.2, 0) is 14.3 Å². The Kier molecular flexibility index (Phi) is 8.50. The third-order valence-electron chi connectivity index (χ3n) is 7.17. The molecule has 2 aromatic carbocycles. The standard InChI is InChI=1S/C28H35N7O4/c1-29-28-30-6-5-24(32-28)21-15-20-3-4-22(38-2)17-23(20)25(16-21)31-26(36)18-33-7-9-34(10-8-33)19-27(37)35-11-13-39-14-12-35/h3-6,15-17H,7-14,18-19H2,1-2H3,(H,31,36)(H,29,30,32). The first kappa shape index (κ1) is 26.8. The van der Waals surface area contributed by atoms with Gasteiger partial charge in [0.25, 0.3) is 0 Å². The Balaban J connectivity index is 1.25. The van der Waals surface area contributed by atoms with E-state index in [0.29, 0.717) is 50.2 Å². The SMILES string of the molecule is CNc1nccc(-c2cc(NC(=O)CN3CCN(CC(=O)N4CCOCC4)CC3)c3cc(OC)ccc3c2)n1. The molecule has 0 radical (unpaired) electrons. The maximum atomic E-state index is 13.2. The lowest BCUT2D eigenvalue weighted by Crippen LogP contribution is -2.52. The van der Waals surface area contributed by atoms with E-state index in [1.807, 2.05) is 41.3 Å². The highest BCUT2D eigenvalue weighted by Gasteiger charge is 2.24. The molecule has 2 fully saturated rings. The lowest BCUT2D eigenvalue weighted by molar-refractivity contribution is -0.137. The zero-order chi connectivity index (χ0) is 27.2. The molecule has 0 unspecified atom stereocenters. The molecule has 3 heterocycles. The smallest absolute Gasteiger partial charge is 0.238 e. The number of carbonyl (C=O) groups excluding carboxylic acids is 2. The van der Waals surface area contributed by atoms with Gasteiger partial charge in [0.05, 0.1) is 39.1 Å². The van der Waals surface area contributed by atoms with Crippen LogP contribution in [0.25, 0.3) is 22.0 Å². The molecule has 39 heavy (non-hydrogen) atoms. The normalized spacial score (nSPS) is 16.7. The molecule has 0 aliphatic carbocycles. The van der Waals surface area contributed by atoms with Crippen LogP contribution in [0.5, 0.6) is 5.75 Å². The average molecular weight is 534 g/mol. The average Bonchev–Trinajstić information content (AvgIpc) is 2.98. The lowest BCUT2D eigenvalue weighted by Gasteiger charge is -2.35. The van der Waals surface area contributed by atoms with Crippen LogP contribution >= 0.6 is 0 Å². The van der Waals surface area contributed by atoms with Gasteiger partial charge in [0, 0.05) is 69.2 Å². The molecular weight excluding hydrogens is 498 g/mol. The number of aromatic nitrogens is 2. The van der Waals surface area contributed by atoms with E-state index in [4.69, 9.17) is 9.47 Å². The summed E-state index contributed by atoms with van der Waals surface area (Å²) in [6.45, 7) is 6.19. The van der Waals surface area contributed by atoms with Crippen molar-refractivity contribution < 1.29 is 19.1 Å². The first-order valence-corrected chi connectivity index (χ1v) is 13.3. The molecule has 0 spiro atoms. The number of benzene rings is 2. The molecule has 0 saturated carbocycles. The number of methoxy groups -OCH3 is 1. The van der Waals surface area contributed by atoms with E-state index >= 15 is 0 Å². The molecular formula is C28H35N7O4. The van der Waals surface area contributed by atoms with Gasteiger partial charge in [-0.3, -0.25) is 19.4 Å². The number of piperazine rings is 1. The van der Waals surface area contributed by atoms with Gasteiger partial charge in [-0.1, -0.05) is 6.07 Å². The second kappa shape index (κ2) is 12.4. The predicted molar refractivity (Wildman–Crippen MR) is 150 cm³/mol. The highest BCUT2D eigenvalue weighted by atomic mass is 16.5. The number of anilines is 2. The van der Waals surface area contributed by atoms with Crippen LogP contribution in [0.2, 0.25) is 0 Å². The number of nitrogens with one attached hydrogen (secondary N) is 2. The van der Waals surface area contributed by atoms with Crippen molar-refractivity contribution in [2.24, 2.45) is 0 Å². The Hall–Kier alpha value is -3.80. The molecule has 2 aliphatic heterocycles. The van der Waals surface area contributed by atoms with Crippen LogP contribution in [0, 0.1) is 0 Å². The molecule has 0 bridgehead atoms. The van der Waals surface area contributed by atoms with Crippen molar-refractivity contribution in [2.75, 3.05) is 90.4 Å². The summed E-state index contributed by atoms with van der Waals surface area (Å²) in [5.74, 6) is 1.30. The van der Waals surface area contributed by atoms with E-state index in [2.05, 4.69) is 30.4 Å². The van der Waals surface area contributed by atoms with E-state index in [-0.39, 0.29) is 18.4 Å². The summed E-state index contributed by atoms with van der Waals surface area (Å²) in [5, 5.41) is 7.95. The van der Waals surface area contributed by atoms with Crippen molar-refractivity contribution in [3.8, 4) is 17.0 Å². The van der Waals surface area contributed by atoms with Gasteiger partial charge in [-0.05, 0) is 35.7 Å². The highest BCUT2D eigenvalue weighted by molar-refractivity contribution is 6.05. The summed E-state index contributed by atoms with van der Waals surface area (Å²) >= 11 is 0. The molecule has 206 valence electrons. The summed E-state index contributed by atoms with van der Waals surface area (Å²) in [4.78, 5) is 40.7. The maximum absolute atomic E-state index is 13.2. The van der Waals surface area contributed by atoms with Crippen LogP contribution in [-0.4, -0.2) is 116 Å². The quantitative estimate of drug-likeness (QED) is 0.447. The van der Waals surface area contributed by atoms with E-state index in [1.165, 1.54) is 0 Å². The van der Waals surface area contributed by atoms with Crippen molar-refractivity contribution in [1.82, 2.24) is 24.7 Å². The minimum Gasteiger partial charge on any atom is -0.497 e. The van der Waals surface area contributed by atoms with Gasteiger partial charge < -0.3 is 25.0 Å². The van der Waals surface area contributed by atoms with Gasteiger partial charge in [0.2, 0.25) is 17.8 Å². The Labute approximate surface area is 228 Å². The highest BCUT2D eigenvalue weighted by Crippen LogP contribution is 2.33. The Morgan fingerprint density at radius 2 is 1.72 bits per heavy atom. The Morgan fingerprint density at radius 3 is 2.44 bits per heavy atom. The minimum atomic E-state index is -0.0901. The molecule has 3 aromatic rings. The Morgan fingerprint density at radius 1 is 0.974 bits per heavy atom. The third-order valence-corrected chi connectivity index (χ3v) is 7.17. The first-order valence-electron chi connectivity index (χ1n) is 13.3. The number of fused-ring (bicyclic) bond motifs is 1. The lowest BCUT2D eigenvalue weighted by atomic mass is 10.0. The van der Waals surface area contributed by atoms with Crippen LogP contribution < -0.4 is 15.4 Å². The largest absolute Gasteiger partial charge is 0.497 e. The minimum absolute atomic E-state index is 0.0901. The number of nitrogens with zero attached hydrogens (tertiary/aromatic N) is 5. The fraction of sp³-hybridized carbons (Fsp3) is 0.429. The third kappa shape index (κ3) is 6.62. The molecule has 0 atom stereocenters. The van der Waals surface area contributed by atoms with E-state index in [1.54, 1.807) is 20.4 Å². The maximum Gasteiger partial charge on any atom is 0.238 e. The van der Waals surface area contributed by atoms with Crippen molar-refractivity contribution >= 4 is 34.2 Å². The van der Waals surface area contributed by atoms with Crippen LogP contribution in [0.1, 0.15) is 0 Å². The fourth-order valence-corrected chi connectivity index (χ4v) is 4.96. The van der Waals surface area contributed by atoms with Crippen molar-refractivity contribution in [1.29, 1.82) is 0 Å². The van der Waals surface area contributed by atoms with E-state index in [0.717, 1.165) is 48.2 Å². The molecule has 11 heteroatoms. The summed E-state index contributed by atoms with van der Waals surface area (Å²) in [7, 11) is 3.40. The number of hydrogen-bond donors (Lipinski definition) is 2. The van der Waals surface area contributed by atoms with Gasteiger partial charge in [-0.25, -0.2) is 9.97 Å². The van der Waals surface area contributed by atoms with Gasteiger partial charge in [-0.15, -0.1) is 0 Å². The zero-order valence-electron chi connectivity index (χ0n) is 22.5. The number of morpholine rings is 1. The number of carbonyl (C=O) groups is 2. The van der Waals surface area contributed by atoms with Crippen molar-refractivity contribution in [2.45, 2.75) is 0 Å². The van der Waals surface area contributed by atoms with Crippen molar-refractivity contribution in [3.05, 3.63) is 42.6 Å². The predicted octanol–water partition coefficient (Wildman–Crippen LogP) is 1.76. The number of amides is 2. The van der Waals surface area contributed by atoms with Gasteiger partial charge in [0.15, 0.2) is 0 Å². The second-order valence-electron chi connectivity index (χ2n) is 9.72. The van der Waals surface area contributed by atoms with Crippen LogP contribution in [0.4, 0.5) is 11.6 Å². The summed E-state index contributed by atoms with van der Waals surface area (Å²) in [6, 6.07) is 11.6. The molecule has 2 N–H and O–H groups in total. The molecule has 1 aromatic heterocycles. The monoisotopic (exact) mass is 533 g/mol. The van der Waals surface area contributed by atoms with E-state index < -0.39 is 0 Å². The summed E-state index contributed by atoms with van der Waals surface area (Å²) < 4.78 is 10.8. The van der Waals surface area contributed by atoms with Gasteiger partial charge in [0.1, 0.15) is 5.75 Å². The topological polar surface area (TPSA) is 112 Å². The number of rotatable bonds is 8. The van der Waals surface area contributed by atoms with Gasteiger partial charge >= 0.3 is 0 Å². The van der Waals surface area contributed by atoms with Crippen molar-refractivity contribution in [3.63, 3.8) is 0 Å². The molecule has 2 aliphatic rings. The van der Waals surface area contributed by atoms with E-state index in [9.17, 15) is 9.59 Å². The molecule has 2 saturated heterocycles. The fourth-order valence-electron chi connectivity index (χ4n) is 4.96. The summed E-state index contributed by atoms with van der Waals surface area (Å²) in [6.07, 6.45) is 1.71. The molecule has 5 rings (SSSR count).